The molecule has 0 aliphatic carbocycles. The minimum atomic E-state index is -0.273. The second kappa shape index (κ2) is 9.95. The standard InChI is InChI=1S/C25H25N5O3/c1-17(33-20-9-6-10-26-15-20)14-27-25(32)21-12-19(28-16-31)13-22-24(21)30(2)23(29-22)11-18-7-4-3-5-8-18/h3-10,12-13,15-17H,11,14H2,1-2H3,(H,27,32)(H,28,31)/t17-/m1/s1. The minimum Gasteiger partial charge on any atom is -0.487 e. The van der Waals surface area contributed by atoms with Gasteiger partial charge in [0.2, 0.25) is 6.41 Å². The monoisotopic (exact) mass is 443 g/mol. The van der Waals surface area contributed by atoms with Crippen LogP contribution in [0.4, 0.5) is 5.69 Å². The Bertz CT molecular complexity index is 1260. The molecule has 0 spiro atoms. The zero-order valence-corrected chi connectivity index (χ0v) is 18.5. The maximum atomic E-state index is 13.2. The van der Waals surface area contributed by atoms with Crippen molar-refractivity contribution in [2.24, 2.45) is 7.05 Å². The smallest absolute Gasteiger partial charge is 0.253 e. The van der Waals surface area contributed by atoms with Crippen LogP contribution >= 0.6 is 0 Å². The Hall–Kier alpha value is -4.20. The summed E-state index contributed by atoms with van der Waals surface area (Å²) in [4.78, 5) is 33.0. The number of nitrogens with one attached hydrogen (secondary N) is 2. The maximum Gasteiger partial charge on any atom is 0.253 e. The number of amides is 2. The highest BCUT2D eigenvalue weighted by molar-refractivity contribution is 6.07. The lowest BCUT2D eigenvalue weighted by molar-refractivity contribution is -0.105. The third-order valence-corrected chi connectivity index (χ3v) is 5.26. The second-order valence-electron chi connectivity index (χ2n) is 7.73. The molecule has 0 saturated carbocycles. The van der Waals surface area contributed by atoms with Gasteiger partial charge in [-0.1, -0.05) is 30.3 Å². The molecule has 4 rings (SSSR count). The summed E-state index contributed by atoms with van der Waals surface area (Å²) in [7, 11) is 1.89. The van der Waals surface area contributed by atoms with Crippen molar-refractivity contribution in [3.05, 3.63) is 83.9 Å². The van der Waals surface area contributed by atoms with Crippen molar-refractivity contribution < 1.29 is 14.3 Å². The lowest BCUT2D eigenvalue weighted by Crippen LogP contribution is -2.33. The molecular weight excluding hydrogens is 418 g/mol. The average Bonchev–Trinajstić information content (AvgIpc) is 3.13. The van der Waals surface area contributed by atoms with Gasteiger partial charge in [-0.05, 0) is 36.8 Å². The molecule has 2 heterocycles. The number of pyridine rings is 1. The molecule has 2 amide bonds. The number of carbonyl (C=O) groups excluding carboxylic acids is 2. The van der Waals surface area contributed by atoms with E-state index in [-0.39, 0.29) is 12.0 Å². The number of aryl methyl sites for hydroxylation is 1. The molecule has 8 heteroatoms. The lowest BCUT2D eigenvalue weighted by Gasteiger charge is -2.16. The van der Waals surface area contributed by atoms with Crippen LogP contribution in [0.2, 0.25) is 0 Å². The third-order valence-electron chi connectivity index (χ3n) is 5.26. The first kappa shape index (κ1) is 22.0. The first-order chi connectivity index (χ1) is 16.0. The fourth-order valence-corrected chi connectivity index (χ4v) is 3.68. The number of ether oxygens (including phenoxy) is 1. The molecule has 8 nitrogen and oxygen atoms in total. The summed E-state index contributed by atoms with van der Waals surface area (Å²) >= 11 is 0. The van der Waals surface area contributed by atoms with Gasteiger partial charge in [0.1, 0.15) is 17.7 Å². The van der Waals surface area contributed by atoms with Gasteiger partial charge in [-0.3, -0.25) is 14.6 Å². The molecule has 4 aromatic rings. The molecule has 33 heavy (non-hydrogen) atoms. The van der Waals surface area contributed by atoms with E-state index in [0.29, 0.717) is 47.4 Å². The van der Waals surface area contributed by atoms with Gasteiger partial charge in [0.25, 0.3) is 5.91 Å². The molecule has 0 saturated heterocycles. The molecule has 168 valence electrons. The number of hydrogen-bond acceptors (Lipinski definition) is 5. The van der Waals surface area contributed by atoms with E-state index < -0.39 is 0 Å². The number of aromatic nitrogens is 3. The molecular formula is C25H25N5O3. The summed E-state index contributed by atoms with van der Waals surface area (Å²) in [5.41, 5.74) is 3.40. The third kappa shape index (κ3) is 5.17. The van der Waals surface area contributed by atoms with Crippen LogP contribution in [0.3, 0.4) is 0 Å². The predicted molar refractivity (Wildman–Crippen MR) is 126 cm³/mol. The van der Waals surface area contributed by atoms with E-state index in [9.17, 15) is 9.59 Å². The number of fused-ring (bicyclic) bond motifs is 1. The Balaban J connectivity index is 1.59. The van der Waals surface area contributed by atoms with Crippen molar-refractivity contribution in [3.8, 4) is 5.75 Å². The Morgan fingerprint density at radius 2 is 2.00 bits per heavy atom. The Morgan fingerprint density at radius 1 is 1.18 bits per heavy atom. The zero-order valence-electron chi connectivity index (χ0n) is 18.5. The first-order valence-electron chi connectivity index (χ1n) is 10.6. The summed E-state index contributed by atoms with van der Waals surface area (Å²) in [6, 6.07) is 17.0. The van der Waals surface area contributed by atoms with Crippen molar-refractivity contribution in [1.82, 2.24) is 19.9 Å². The molecule has 0 bridgehead atoms. The van der Waals surface area contributed by atoms with Crippen LogP contribution in [-0.2, 0) is 18.3 Å². The number of imidazole rings is 1. The summed E-state index contributed by atoms with van der Waals surface area (Å²) in [6.07, 6.45) is 4.25. The molecule has 2 aromatic carbocycles. The van der Waals surface area contributed by atoms with E-state index in [1.165, 1.54) is 0 Å². The number of carbonyl (C=O) groups is 2. The first-order valence-corrected chi connectivity index (χ1v) is 10.6. The van der Waals surface area contributed by atoms with Gasteiger partial charge >= 0.3 is 0 Å². The van der Waals surface area contributed by atoms with Gasteiger partial charge in [-0.15, -0.1) is 0 Å². The highest BCUT2D eigenvalue weighted by atomic mass is 16.5. The molecule has 0 aliphatic heterocycles. The Morgan fingerprint density at radius 3 is 2.73 bits per heavy atom. The van der Waals surface area contributed by atoms with E-state index >= 15 is 0 Å². The van der Waals surface area contributed by atoms with E-state index in [1.807, 2.05) is 54.9 Å². The molecule has 2 N–H and O–H groups in total. The zero-order chi connectivity index (χ0) is 23.2. The van der Waals surface area contributed by atoms with Crippen molar-refractivity contribution in [2.45, 2.75) is 19.4 Å². The highest BCUT2D eigenvalue weighted by Gasteiger charge is 2.19. The van der Waals surface area contributed by atoms with Crippen LogP contribution in [0, 0.1) is 0 Å². The molecule has 0 radical (unpaired) electrons. The number of nitrogens with zero attached hydrogens (tertiary/aromatic N) is 3. The topological polar surface area (TPSA) is 98.1 Å². The average molecular weight is 444 g/mol. The van der Waals surface area contributed by atoms with Crippen LogP contribution in [0.25, 0.3) is 11.0 Å². The SMILES string of the molecule is C[C@H](CNC(=O)c1cc(NC=O)cc2nc(Cc3ccccc3)n(C)c12)Oc1cccnc1. The van der Waals surface area contributed by atoms with Crippen LogP contribution in [-0.4, -0.2) is 39.5 Å². The van der Waals surface area contributed by atoms with Crippen LogP contribution in [0.5, 0.6) is 5.75 Å². The van der Waals surface area contributed by atoms with Crippen molar-refractivity contribution in [3.63, 3.8) is 0 Å². The fourth-order valence-electron chi connectivity index (χ4n) is 3.68. The molecule has 2 aromatic heterocycles. The van der Waals surface area contributed by atoms with Gasteiger partial charge in [0.15, 0.2) is 0 Å². The normalized spacial score (nSPS) is 11.7. The fraction of sp³-hybridized carbons (Fsp3) is 0.200. The number of anilines is 1. The maximum absolute atomic E-state index is 13.2. The molecule has 0 unspecified atom stereocenters. The largest absolute Gasteiger partial charge is 0.487 e. The van der Waals surface area contributed by atoms with Gasteiger partial charge in [-0.25, -0.2) is 4.98 Å². The van der Waals surface area contributed by atoms with Crippen LogP contribution < -0.4 is 15.4 Å². The second-order valence-corrected chi connectivity index (χ2v) is 7.73. The summed E-state index contributed by atoms with van der Waals surface area (Å²) < 4.78 is 7.72. The molecule has 0 aliphatic rings. The Kier molecular flexibility index (Phi) is 6.64. The van der Waals surface area contributed by atoms with Crippen molar-refractivity contribution >= 4 is 29.0 Å². The Labute approximate surface area is 191 Å². The summed E-state index contributed by atoms with van der Waals surface area (Å²) in [5.74, 6) is 1.18. The predicted octanol–water partition coefficient (Wildman–Crippen LogP) is 3.32. The summed E-state index contributed by atoms with van der Waals surface area (Å²) in [5, 5.41) is 5.55. The van der Waals surface area contributed by atoms with E-state index in [4.69, 9.17) is 9.72 Å². The van der Waals surface area contributed by atoms with E-state index in [0.717, 1.165) is 11.4 Å². The summed E-state index contributed by atoms with van der Waals surface area (Å²) in [6.45, 7) is 2.17. The van der Waals surface area contributed by atoms with Gasteiger partial charge < -0.3 is 19.9 Å². The van der Waals surface area contributed by atoms with Crippen LogP contribution in [0.15, 0.2) is 67.0 Å². The lowest BCUT2D eigenvalue weighted by atomic mass is 10.1. The van der Waals surface area contributed by atoms with E-state index in [2.05, 4.69) is 15.6 Å². The molecule has 1 atom stereocenters. The number of benzene rings is 2. The number of hydrogen-bond donors (Lipinski definition) is 2. The quantitative estimate of drug-likeness (QED) is 0.387. The van der Waals surface area contributed by atoms with Gasteiger partial charge in [0.05, 0.1) is 29.3 Å². The van der Waals surface area contributed by atoms with E-state index in [1.54, 1.807) is 30.6 Å². The molecule has 0 fully saturated rings. The number of rotatable bonds is 9. The minimum absolute atomic E-state index is 0.259. The van der Waals surface area contributed by atoms with Crippen LogP contribution in [0.1, 0.15) is 28.7 Å². The van der Waals surface area contributed by atoms with Gasteiger partial charge in [0, 0.05) is 25.4 Å². The van der Waals surface area contributed by atoms with Gasteiger partial charge in [-0.2, -0.15) is 0 Å². The van der Waals surface area contributed by atoms with Crippen molar-refractivity contribution in [1.29, 1.82) is 0 Å². The van der Waals surface area contributed by atoms with Crippen molar-refractivity contribution in [2.75, 3.05) is 11.9 Å². The highest BCUT2D eigenvalue weighted by Crippen LogP contribution is 2.25.